The molecule has 2 heterocycles. The molecule has 2 rings (SSSR count). The number of hydrogen-bond acceptors (Lipinski definition) is 2. The Morgan fingerprint density at radius 3 is 2.62 bits per heavy atom. The highest BCUT2D eigenvalue weighted by atomic mass is 15.3. The van der Waals surface area contributed by atoms with E-state index in [9.17, 15) is 0 Å². The molecule has 0 aromatic heterocycles. The third-order valence-electron chi connectivity index (χ3n) is 3.84. The molecule has 0 aromatic rings. The van der Waals surface area contributed by atoms with Crippen molar-refractivity contribution < 1.29 is 0 Å². The molecule has 0 spiro atoms. The van der Waals surface area contributed by atoms with Gasteiger partial charge >= 0.3 is 0 Å². The lowest BCUT2D eigenvalue weighted by atomic mass is 9.95. The Kier molecular flexibility index (Phi) is 2.37. The summed E-state index contributed by atoms with van der Waals surface area (Å²) < 4.78 is 0. The molecule has 0 bridgehead atoms. The van der Waals surface area contributed by atoms with Crippen molar-refractivity contribution in [3.05, 3.63) is 0 Å². The summed E-state index contributed by atoms with van der Waals surface area (Å²) in [5, 5.41) is 0. The molecule has 2 fully saturated rings. The van der Waals surface area contributed by atoms with Crippen LogP contribution in [0, 0.1) is 0 Å². The van der Waals surface area contributed by atoms with Crippen LogP contribution in [0.4, 0.5) is 0 Å². The van der Waals surface area contributed by atoms with Gasteiger partial charge in [0.05, 0.1) is 0 Å². The van der Waals surface area contributed by atoms with Crippen LogP contribution in [0.5, 0.6) is 0 Å². The lowest BCUT2D eigenvalue weighted by Gasteiger charge is -2.46. The predicted molar refractivity (Wildman–Crippen MR) is 55.9 cm³/mol. The van der Waals surface area contributed by atoms with Gasteiger partial charge in [-0.25, -0.2) is 0 Å². The SMILES string of the molecule is CC(C)N1CCN2CCCC2(C)C1. The van der Waals surface area contributed by atoms with E-state index >= 15 is 0 Å². The first-order valence-electron chi connectivity index (χ1n) is 5.61. The Labute approximate surface area is 81.9 Å². The molecule has 13 heavy (non-hydrogen) atoms. The van der Waals surface area contributed by atoms with Gasteiger partial charge in [-0.2, -0.15) is 0 Å². The van der Waals surface area contributed by atoms with Crippen molar-refractivity contribution in [3.63, 3.8) is 0 Å². The molecule has 1 atom stereocenters. The van der Waals surface area contributed by atoms with Gasteiger partial charge in [-0.05, 0) is 40.2 Å². The van der Waals surface area contributed by atoms with Crippen molar-refractivity contribution in [1.29, 1.82) is 0 Å². The highest BCUT2D eigenvalue weighted by molar-refractivity contribution is 4.98. The van der Waals surface area contributed by atoms with Gasteiger partial charge in [0.1, 0.15) is 0 Å². The summed E-state index contributed by atoms with van der Waals surface area (Å²) in [6, 6.07) is 0.722. The number of hydrogen-bond donors (Lipinski definition) is 0. The van der Waals surface area contributed by atoms with Crippen LogP contribution in [0.2, 0.25) is 0 Å². The highest BCUT2D eigenvalue weighted by Crippen LogP contribution is 2.32. The highest BCUT2D eigenvalue weighted by Gasteiger charge is 2.41. The molecule has 2 heteroatoms. The van der Waals surface area contributed by atoms with Crippen molar-refractivity contribution in [1.82, 2.24) is 9.80 Å². The topological polar surface area (TPSA) is 6.48 Å². The van der Waals surface area contributed by atoms with Crippen LogP contribution in [-0.4, -0.2) is 47.6 Å². The monoisotopic (exact) mass is 182 g/mol. The Hall–Kier alpha value is -0.0800. The first-order valence-corrected chi connectivity index (χ1v) is 5.61. The second kappa shape index (κ2) is 3.25. The lowest BCUT2D eigenvalue weighted by Crippen LogP contribution is -2.58. The van der Waals surface area contributed by atoms with Gasteiger partial charge < -0.3 is 0 Å². The van der Waals surface area contributed by atoms with E-state index in [-0.39, 0.29) is 0 Å². The van der Waals surface area contributed by atoms with Gasteiger partial charge in [0, 0.05) is 31.2 Å². The van der Waals surface area contributed by atoms with Gasteiger partial charge in [0.2, 0.25) is 0 Å². The third kappa shape index (κ3) is 1.62. The zero-order valence-corrected chi connectivity index (χ0v) is 9.21. The summed E-state index contributed by atoms with van der Waals surface area (Å²) in [7, 11) is 0. The lowest BCUT2D eigenvalue weighted by molar-refractivity contribution is 0.0244. The quantitative estimate of drug-likeness (QED) is 0.607. The zero-order valence-electron chi connectivity index (χ0n) is 9.21. The number of piperazine rings is 1. The third-order valence-corrected chi connectivity index (χ3v) is 3.84. The molecule has 76 valence electrons. The molecule has 0 aromatic carbocycles. The van der Waals surface area contributed by atoms with Crippen molar-refractivity contribution in [2.45, 2.75) is 45.2 Å². The van der Waals surface area contributed by atoms with Crippen LogP contribution in [-0.2, 0) is 0 Å². The molecule has 1 unspecified atom stereocenters. The molecule has 2 aliphatic rings. The maximum atomic E-state index is 2.69. The molecule has 0 saturated carbocycles. The smallest absolute Gasteiger partial charge is 0.0309 e. The van der Waals surface area contributed by atoms with E-state index in [4.69, 9.17) is 0 Å². The van der Waals surface area contributed by atoms with Crippen molar-refractivity contribution in [2.24, 2.45) is 0 Å². The van der Waals surface area contributed by atoms with Crippen LogP contribution < -0.4 is 0 Å². The second-order valence-electron chi connectivity index (χ2n) is 5.15. The molecular formula is C11H22N2. The van der Waals surface area contributed by atoms with Crippen LogP contribution in [0.3, 0.4) is 0 Å². The average Bonchev–Trinajstić information content (AvgIpc) is 2.44. The van der Waals surface area contributed by atoms with Crippen LogP contribution >= 0.6 is 0 Å². The summed E-state index contributed by atoms with van der Waals surface area (Å²) in [4.78, 5) is 5.31. The summed E-state index contributed by atoms with van der Waals surface area (Å²) in [5.41, 5.74) is 0.502. The standard InChI is InChI=1S/C11H22N2/c1-10(2)12-7-8-13-6-4-5-11(13,3)9-12/h10H,4-9H2,1-3H3. The Morgan fingerprint density at radius 2 is 1.92 bits per heavy atom. The van der Waals surface area contributed by atoms with Crippen molar-refractivity contribution in [3.8, 4) is 0 Å². The van der Waals surface area contributed by atoms with E-state index < -0.39 is 0 Å². The Balaban J connectivity index is 2.04. The van der Waals surface area contributed by atoms with Crippen LogP contribution in [0.1, 0.15) is 33.6 Å². The van der Waals surface area contributed by atoms with E-state index in [1.54, 1.807) is 0 Å². The van der Waals surface area contributed by atoms with Crippen LogP contribution in [0.15, 0.2) is 0 Å². The predicted octanol–water partition coefficient (Wildman–Crippen LogP) is 1.56. The Morgan fingerprint density at radius 1 is 1.15 bits per heavy atom. The molecular weight excluding hydrogens is 160 g/mol. The molecule has 0 aliphatic carbocycles. The van der Waals surface area contributed by atoms with Gasteiger partial charge in [-0.15, -0.1) is 0 Å². The minimum atomic E-state index is 0.502. The van der Waals surface area contributed by atoms with E-state index in [1.165, 1.54) is 39.0 Å². The summed E-state index contributed by atoms with van der Waals surface area (Å²) in [5.74, 6) is 0. The van der Waals surface area contributed by atoms with Crippen molar-refractivity contribution >= 4 is 0 Å². The van der Waals surface area contributed by atoms with Crippen molar-refractivity contribution in [2.75, 3.05) is 26.2 Å². The van der Waals surface area contributed by atoms with Gasteiger partial charge in [0.25, 0.3) is 0 Å². The largest absolute Gasteiger partial charge is 0.298 e. The maximum absolute atomic E-state index is 2.69. The maximum Gasteiger partial charge on any atom is 0.0309 e. The van der Waals surface area contributed by atoms with Gasteiger partial charge in [-0.3, -0.25) is 9.80 Å². The van der Waals surface area contributed by atoms with E-state index in [0.717, 1.165) is 6.04 Å². The summed E-state index contributed by atoms with van der Waals surface area (Å²) in [6.45, 7) is 12.2. The minimum Gasteiger partial charge on any atom is -0.298 e. The van der Waals surface area contributed by atoms with E-state index in [2.05, 4.69) is 30.6 Å². The van der Waals surface area contributed by atoms with Gasteiger partial charge in [-0.1, -0.05) is 0 Å². The second-order valence-corrected chi connectivity index (χ2v) is 5.15. The fourth-order valence-electron chi connectivity index (χ4n) is 2.85. The average molecular weight is 182 g/mol. The molecule has 2 nitrogen and oxygen atoms in total. The van der Waals surface area contributed by atoms with E-state index in [0.29, 0.717) is 5.54 Å². The zero-order chi connectivity index (χ0) is 9.47. The molecule has 0 amide bonds. The first-order chi connectivity index (χ1) is 6.12. The minimum absolute atomic E-state index is 0.502. The fourth-order valence-corrected chi connectivity index (χ4v) is 2.85. The van der Waals surface area contributed by atoms with E-state index in [1.807, 2.05) is 0 Å². The normalized spacial score (nSPS) is 36.9. The summed E-state index contributed by atoms with van der Waals surface area (Å²) in [6.07, 6.45) is 2.80. The number of nitrogens with zero attached hydrogens (tertiary/aromatic N) is 2. The molecule has 0 N–H and O–H groups in total. The Bertz CT molecular complexity index is 191. The van der Waals surface area contributed by atoms with Gasteiger partial charge in [0.15, 0.2) is 0 Å². The molecule has 2 aliphatic heterocycles. The first kappa shape index (κ1) is 9.47. The fraction of sp³-hybridized carbons (Fsp3) is 1.00. The number of fused-ring (bicyclic) bond motifs is 1. The van der Waals surface area contributed by atoms with Crippen LogP contribution in [0.25, 0.3) is 0 Å². The summed E-state index contributed by atoms with van der Waals surface area (Å²) >= 11 is 0. The molecule has 2 saturated heterocycles. The molecule has 0 radical (unpaired) electrons. The number of rotatable bonds is 1.